The third-order valence-electron chi connectivity index (χ3n) is 6.11. The van der Waals surface area contributed by atoms with E-state index in [-0.39, 0.29) is 17.7 Å². The van der Waals surface area contributed by atoms with Crippen LogP contribution in [0.2, 0.25) is 0 Å². The van der Waals surface area contributed by atoms with E-state index in [2.05, 4.69) is 20.3 Å². The zero-order valence-corrected chi connectivity index (χ0v) is 20.0. The molecule has 1 saturated carbocycles. The monoisotopic (exact) mass is 443 g/mol. The topological polar surface area (TPSA) is 88.1 Å². The van der Waals surface area contributed by atoms with Crippen molar-refractivity contribution in [2.75, 3.05) is 19.6 Å². The molecule has 1 N–H and O–H groups in total. The largest absolute Gasteiger partial charge is 0.351 e. The van der Waals surface area contributed by atoms with Crippen LogP contribution in [0.25, 0.3) is 0 Å². The van der Waals surface area contributed by atoms with E-state index in [0.29, 0.717) is 41.8 Å². The fourth-order valence-corrected chi connectivity index (χ4v) is 5.18. The lowest BCUT2D eigenvalue weighted by Gasteiger charge is -2.30. The second-order valence-corrected chi connectivity index (χ2v) is 9.47. The summed E-state index contributed by atoms with van der Waals surface area (Å²) in [5, 5.41) is 4.01. The highest BCUT2D eigenvalue weighted by Gasteiger charge is 2.29. The molecule has 2 heterocycles. The minimum atomic E-state index is -0.0243. The van der Waals surface area contributed by atoms with Gasteiger partial charge in [-0.1, -0.05) is 0 Å². The molecule has 0 aliphatic heterocycles. The molecular weight excluding hydrogens is 410 g/mol. The maximum atomic E-state index is 13.0. The van der Waals surface area contributed by atoms with Crippen LogP contribution in [0, 0.1) is 26.7 Å². The van der Waals surface area contributed by atoms with Crippen molar-refractivity contribution in [2.45, 2.75) is 66.2 Å². The number of nitrogens with zero attached hydrogens (tertiary/aromatic N) is 4. The Morgan fingerprint density at radius 1 is 1.10 bits per heavy atom. The van der Waals surface area contributed by atoms with Crippen LogP contribution in [-0.4, -0.2) is 51.3 Å². The van der Waals surface area contributed by atoms with Crippen molar-refractivity contribution in [1.29, 1.82) is 0 Å². The fourth-order valence-electron chi connectivity index (χ4n) is 4.34. The van der Waals surface area contributed by atoms with Crippen molar-refractivity contribution in [3.63, 3.8) is 0 Å². The van der Waals surface area contributed by atoms with Gasteiger partial charge in [0.1, 0.15) is 10.7 Å². The van der Waals surface area contributed by atoms with Crippen LogP contribution in [-0.2, 0) is 0 Å². The van der Waals surface area contributed by atoms with Gasteiger partial charge in [0.15, 0.2) is 0 Å². The summed E-state index contributed by atoms with van der Waals surface area (Å²) in [4.78, 5) is 41.3. The molecule has 1 fully saturated rings. The average Bonchev–Trinajstić information content (AvgIpc) is 3.11. The van der Waals surface area contributed by atoms with Gasteiger partial charge in [-0.05, 0) is 66.2 Å². The Morgan fingerprint density at radius 2 is 1.77 bits per heavy atom. The van der Waals surface area contributed by atoms with Crippen molar-refractivity contribution < 1.29 is 9.59 Å². The smallest absolute Gasteiger partial charge is 0.263 e. The van der Waals surface area contributed by atoms with Crippen molar-refractivity contribution in [3.8, 4) is 0 Å². The zero-order valence-electron chi connectivity index (χ0n) is 19.2. The predicted octanol–water partition coefficient (Wildman–Crippen LogP) is 4.04. The molecule has 2 aromatic heterocycles. The molecule has 0 unspecified atom stereocenters. The van der Waals surface area contributed by atoms with E-state index in [1.807, 2.05) is 39.5 Å². The highest BCUT2D eigenvalue weighted by atomic mass is 32.1. The van der Waals surface area contributed by atoms with Crippen molar-refractivity contribution in [2.24, 2.45) is 5.92 Å². The van der Waals surface area contributed by atoms with Gasteiger partial charge in [-0.25, -0.2) is 15.0 Å². The van der Waals surface area contributed by atoms with E-state index in [0.717, 1.165) is 42.1 Å². The predicted molar refractivity (Wildman–Crippen MR) is 123 cm³/mol. The fraction of sp³-hybridized carbons (Fsp3) is 0.609. The minimum Gasteiger partial charge on any atom is -0.351 e. The second kappa shape index (κ2) is 10.3. The van der Waals surface area contributed by atoms with Crippen LogP contribution in [0.3, 0.4) is 0 Å². The van der Waals surface area contributed by atoms with Gasteiger partial charge < -0.3 is 10.2 Å². The van der Waals surface area contributed by atoms with E-state index in [9.17, 15) is 9.59 Å². The molecule has 1 aliphatic carbocycles. The molecule has 0 saturated heterocycles. The molecule has 2 aromatic rings. The average molecular weight is 444 g/mol. The molecule has 31 heavy (non-hydrogen) atoms. The number of thiazole rings is 1. The zero-order chi connectivity index (χ0) is 22.5. The Balaban J connectivity index is 1.62. The lowest BCUT2D eigenvalue weighted by Crippen LogP contribution is -2.33. The van der Waals surface area contributed by atoms with Gasteiger partial charge in [-0.15, -0.1) is 11.3 Å². The van der Waals surface area contributed by atoms with Gasteiger partial charge >= 0.3 is 0 Å². The maximum absolute atomic E-state index is 13.0. The summed E-state index contributed by atoms with van der Waals surface area (Å²) in [6, 6.07) is 0. The summed E-state index contributed by atoms with van der Waals surface area (Å²) < 4.78 is 0. The summed E-state index contributed by atoms with van der Waals surface area (Å²) in [5.41, 5.74) is 2.33. The first-order valence-corrected chi connectivity index (χ1v) is 12.0. The Morgan fingerprint density at radius 3 is 2.35 bits per heavy atom. The highest BCUT2D eigenvalue weighted by molar-refractivity contribution is 7.13. The Bertz CT molecular complexity index is 930. The van der Waals surface area contributed by atoms with Crippen molar-refractivity contribution in [1.82, 2.24) is 25.2 Å². The Hall–Kier alpha value is -2.35. The van der Waals surface area contributed by atoms with Gasteiger partial charge in [0.2, 0.25) is 0 Å². The number of aryl methyl sites for hydroxylation is 3. The minimum absolute atomic E-state index is 0.0182. The molecule has 0 atom stereocenters. The molecule has 2 amide bonds. The summed E-state index contributed by atoms with van der Waals surface area (Å²) in [6.07, 6.45) is 5.65. The number of aromatic nitrogens is 3. The van der Waals surface area contributed by atoms with Gasteiger partial charge in [0, 0.05) is 31.7 Å². The highest BCUT2D eigenvalue weighted by Crippen LogP contribution is 2.36. The molecule has 0 spiro atoms. The molecule has 0 radical (unpaired) electrons. The Kier molecular flexibility index (Phi) is 7.75. The van der Waals surface area contributed by atoms with Crippen molar-refractivity contribution in [3.05, 3.63) is 38.9 Å². The quantitative estimate of drug-likeness (QED) is 0.698. The third kappa shape index (κ3) is 5.47. The molecule has 7 nitrogen and oxygen atoms in total. The first-order chi connectivity index (χ1) is 14.8. The SMILES string of the molecule is CCN(CC)C(=O)c1cnc(C)nc1C1CCC(CNC(=O)c2sc(C)nc2C)CC1. The summed E-state index contributed by atoms with van der Waals surface area (Å²) in [6.45, 7) is 11.7. The van der Waals surface area contributed by atoms with E-state index in [1.165, 1.54) is 11.3 Å². The van der Waals surface area contributed by atoms with Gasteiger partial charge in [-0.2, -0.15) is 0 Å². The first kappa shape index (κ1) is 23.3. The van der Waals surface area contributed by atoms with Crippen LogP contribution < -0.4 is 5.32 Å². The lowest BCUT2D eigenvalue weighted by atomic mass is 9.79. The normalized spacial score (nSPS) is 18.6. The van der Waals surface area contributed by atoms with Crippen LogP contribution in [0.5, 0.6) is 0 Å². The standard InChI is InChI=1S/C23H33N5O2S/c1-6-28(7-2)23(30)19-13-24-15(4)27-20(19)18-10-8-17(9-11-18)12-25-22(29)21-14(3)26-16(5)31-21/h13,17-18H,6-12H2,1-5H3,(H,25,29). The summed E-state index contributed by atoms with van der Waals surface area (Å²) in [7, 11) is 0. The van der Waals surface area contributed by atoms with E-state index in [4.69, 9.17) is 0 Å². The number of carbonyl (C=O) groups is 2. The number of rotatable bonds is 7. The number of hydrogen-bond donors (Lipinski definition) is 1. The number of amides is 2. The number of nitrogens with one attached hydrogen (secondary N) is 1. The number of hydrogen-bond acceptors (Lipinski definition) is 6. The van der Waals surface area contributed by atoms with Gasteiger partial charge in [0.05, 0.1) is 22.0 Å². The van der Waals surface area contributed by atoms with Crippen LogP contribution in [0.15, 0.2) is 6.20 Å². The van der Waals surface area contributed by atoms with Crippen LogP contribution in [0.4, 0.5) is 0 Å². The first-order valence-electron chi connectivity index (χ1n) is 11.2. The third-order valence-corrected chi connectivity index (χ3v) is 7.19. The van der Waals surface area contributed by atoms with E-state index < -0.39 is 0 Å². The molecule has 8 heteroatoms. The number of carbonyl (C=O) groups excluding carboxylic acids is 2. The summed E-state index contributed by atoms with van der Waals surface area (Å²) in [5.74, 6) is 1.40. The van der Waals surface area contributed by atoms with E-state index in [1.54, 1.807) is 6.20 Å². The lowest BCUT2D eigenvalue weighted by molar-refractivity contribution is 0.0769. The molecule has 1 aliphatic rings. The molecule has 0 aromatic carbocycles. The van der Waals surface area contributed by atoms with Crippen LogP contribution >= 0.6 is 11.3 Å². The molecule has 3 rings (SSSR count). The molecule has 168 valence electrons. The van der Waals surface area contributed by atoms with E-state index >= 15 is 0 Å². The molecule has 0 bridgehead atoms. The van der Waals surface area contributed by atoms with Crippen LogP contribution in [0.1, 0.15) is 87.7 Å². The Labute approximate surface area is 188 Å². The van der Waals surface area contributed by atoms with Gasteiger partial charge in [-0.3, -0.25) is 9.59 Å². The molecular formula is C23H33N5O2S. The maximum Gasteiger partial charge on any atom is 0.263 e. The second-order valence-electron chi connectivity index (χ2n) is 8.27. The van der Waals surface area contributed by atoms with Crippen molar-refractivity contribution >= 4 is 23.2 Å². The van der Waals surface area contributed by atoms with Gasteiger partial charge in [0.25, 0.3) is 11.8 Å². The summed E-state index contributed by atoms with van der Waals surface area (Å²) >= 11 is 1.45.